The molecule has 0 aromatic heterocycles. The van der Waals surface area contributed by atoms with E-state index in [2.05, 4.69) is 16.6 Å². The molecule has 2 aliphatic carbocycles. The molecule has 8 heteroatoms. The van der Waals surface area contributed by atoms with Gasteiger partial charge in [0.15, 0.2) is 0 Å². The van der Waals surface area contributed by atoms with Crippen molar-refractivity contribution in [2.75, 3.05) is 6.54 Å². The highest BCUT2D eigenvalue weighted by Crippen LogP contribution is 2.45. The van der Waals surface area contributed by atoms with E-state index in [1.54, 1.807) is 6.08 Å². The van der Waals surface area contributed by atoms with Crippen molar-refractivity contribution in [1.29, 1.82) is 0 Å². The van der Waals surface area contributed by atoms with Gasteiger partial charge in [-0.25, -0.2) is 0 Å². The Morgan fingerprint density at radius 1 is 1.27 bits per heavy atom. The second-order valence-electron chi connectivity index (χ2n) is 7.21. The minimum atomic E-state index is -0.944. The van der Waals surface area contributed by atoms with Crippen molar-refractivity contribution in [3.8, 4) is 0 Å². The van der Waals surface area contributed by atoms with Gasteiger partial charge >= 0.3 is 0 Å². The van der Waals surface area contributed by atoms with Gasteiger partial charge in [-0.05, 0) is 44.1 Å². The first kappa shape index (κ1) is 18.9. The third-order valence-electron chi connectivity index (χ3n) is 5.25. The van der Waals surface area contributed by atoms with E-state index >= 15 is 0 Å². The van der Waals surface area contributed by atoms with Gasteiger partial charge < -0.3 is 15.0 Å². The molecule has 142 valence electrons. The molecule has 0 radical (unpaired) electrons. The van der Waals surface area contributed by atoms with Gasteiger partial charge in [0.05, 0.1) is 0 Å². The zero-order valence-corrected chi connectivity index (χ0v) is 15.6. The van der Waals surface area contributed by atoms with Crippen LogP contribution in [0.5, 0.6) is 0 Å². The number of hydrogen-bond acceptors (Lipinski definition) is 5. The van der Waals surface area contributed by atoms with E-state index in [4.69, 9.17) is 0 Å². The van der Waals surface area contributed by atoms with Gasteiger partial charge in [0, 0.05) is 30.6 Å². The van der Waals surface area contributed by atoms with Crippen molar-refractivity contribution >= 4 is 36.0 Å². The normalized spacial score (nSPS) is 29.8. The molecular formula is C18H25N3O4S. The van der Waals surface area contributed by atoms with Crippen LogP contribution in [0.1, 0.15) is 44.9 Å². The van der Waals surface area contributed by atoms with Gasteiger partial charge in [0.1, 0.15) is 17.9 Å². The zero-order chi connectivity index (χ0) is 18.7. The topological polar surface area (TPSA) is 95.6 Å². The Bertz CT molecular complexity index is 622. The summed E-state index contributed by atoms with van der Waals surface area (Å²) in [6, 6.07) is -0.569. The molecule has 3 unspecified atom stereocenters. The number of carbonyl (C=O) groups excluding carboxylic acids is 4. The number of hydrogen-bond donors (Lipinski definition) is 2. The molecule has 3 rings (SSSR count). The quantitative estimate of drug-likeness (QED) is 0.353. The van der Waals surface area contributed by atoms with E-state index in [9.17, 15) is 19.2 Å². The lowest BCUT2D eigenvalue weighted by Gasteiger charge is -2.26. The molecule has 0 bridgehead atoms. The fourth-order valence-electron chi connectivity index (χ4n) is 3.41. The van der Waals surface area contributed by atoms with E-state index in [1.807, 2.05) is 0 Å². The third-order valence-corrected chi connectivity index (χ3v) is 6.35. The lowest BCUT2D eigenvalue weighted by Crippen LogP contribution is -2.55. The van der Waals surface area contributed by atoms with Crippen LogP contribution >= 0.6 is 11.9 Å². The molecule has 3 amide bonds. The number of likely N-dealkylation sites (tertiary alicyclic amines) is 1. The Balaban J connectivity index is 1.62. The van der Waals surface area contributed by atoms with Gasteiger partial charge in [-0.1, -0.05) is 6.08 Å². The standard InChI is InChI=1S/C18H25N3O4S/c1-2-12-11-18(12,17(25)20-26-13-7-8-13)19-16(24)14-5-3-9-21(14)15(23)6-4-10-22/h2,10,12-14H,1,3-9,11H2,(H,19,24)(H,20,25). The Kier molecular flexibility index (Phi) is 5.70. The predicted molar refractivity (Wildman–Crippen MR) is 98.0 cm³/mol. The summed E-state index contributed by atoms with van der Waals surface area (Å²) >= 11 is 1.42. The zero-order valence-electron chi connectivity index (χ0n) is 14.7. The number of amides is 3. The van der Waals surface area contributed by atoms with Crippen molar-refractivity contribution in [3.05, 3.63) is 12.7 Å². The van der Waals surface area contributed by atoms with Gasteiger partial charge in [0.2, 0.25) is 11.8 Å². The fraction of sp³-hybridized carbons (Fsp3) is 0.667. The van der Waals surface area contributed by atoms with Crippen LogP contribution in [-0.4, -0.2) is 52.3 Å². The second kappa shape index (κ2) is 7.82. The molecule has 1 heterocycles. The summed E-state index contributed by atoms with van der Waals surface area (Å²) in [5, 5.41) is 3.38. The number of rotatable bonds is 9. The average molecular weight is 379 g/mol. The van der Waals surface area contributed by atoms with Crippen molar-refractivity contribution in [1.82, 2.24) is 14.9 Å². The van der Waals surface area contributed by atoms with Crippen LogP contribution in [0.4, 0.5) is 0 Å². The van der Waals surface area contributed by atoms with E-state index in [0.29, 0.717) is 30.9 Å². The molecular weight excluding hydrogens is 354 g/mol. The van der Waals surface area contributed by atoms with Crippen LogP contribution in [0.25, 0.3) is 0 Å². The lowest BCUT2D eigenvalue weighted by molar-refractivity contribution is -0.140. The number of aldehydes is 1. The number of carbonyl (C=O) groups is 4. The van der Waals surface area contributed by atoms with Crippen LogP contribution in [0.2, 0.25) is 0 Å². The molecule has 26 heavy (non-hydrogen) atoms. The monoisotopic (exact) mass is 379 g/mol. The fourth-order valence-corrected chi connectivity index (χ4v) is 4.24. The van der Waals surface area contributed by atoms with E-state index in [1.165, 1.54) is 16.8 Å². The van der Waals surface area contributed by atoms with Gasteiger partial charge in [-0.2, -0.15) is 0 Å². The van der Waals surface area contributed by atoms with Crippen LogP contribution in [0, 0.1) is 5.92 Å². The summed E-state index contributed by atoms with van der Waals surface area (Å²) in [4.78, 5) is 49.7. The highest BCUT2D eigenvalue weighted by Gasteiger charge is 2.60. The number of nitrogens with one attached hydrogen (secondary N) is 2. The predicted octanol–water partition coefficient (Wildman–Crippen LogP) is 0.944. The van der Waals surface area contributed by atoms with Crippen molar-refractivity contribution in [3.63, 3.8) is 0 Å². The summed E-state index contributed by atoms with van der Waals surface area (Å²) < 4.78 is 2.87. The maximum Gasteiger partial charge on any atom is 0.256 e. The van der Waals surface area contributed by atoms with Gasteiger partial charge in [-0.3, -0.25) is 19.1 Å². The van der Waals surface area contributed by atoms with Crippen LogP contribution in [0.3, 0.4) is 0 Å². The Labute approximate surface area is 157 Å². The minimum absolute atomic E-state index is 0.0909. The minimum Gasteiger partial charge on any atom is -0.339 e. The van der Waals surface area contributed by atoms with Crippen molar-refractivity contribution in [2.24, 2.45) is 5.92 Å². The maximum atomic E-state index is 12.8. The summed E-state index contributed by atoms with van der Waals surface area (Å²) in [5.41, 5.74) is -0.944. The molecule has 0 aromatic carbocycles. The molecule has 3 atom stereocenters. The summed E-state index contributed by atoms with van der Waals surface area (Å²) in [7, 11) is 0. The van der Waals surface area contributed by atoms with E-state index < -0.39 is 11.6 Å². The third kappa shape index (κ3) is 3.95. The number of nitrogens with zero attached hydrogens (tertiary/aromatic N) is 1. The van der Waals surface area contributed by atoms with Crippen molar-refractivity contribution in [2.45, 2.75) is 61.8 Å². The van der Waals surface area contributed by atoms with Crippen molar-refractivity contribution < 1.29 is 19.2 Å². The first-order chi connectivity index (χ1) is 12.5. The van der Waals surface area contributed by atoms with Gasteiger partial charge in [-0.15, -0.1) is 6.58 Å². The van der Waals surface area contributed by atoms with Crippen LogP contribution in [-0.2, 0) is 19.2 Å². The smallest absolute Gasteiger partial charge is 0.256 e. The molecule has 1 aliphatic heterocycles. The highest BCUT2D eigenvalue weighted by atomic mass is 32.2. The second-order valence-corrected chi connectivity index (χ2v) is 8.31. The lowest BCUT2D eigenvalue weighted by atomic mass is 10.1. The molecule has 0 aromatic rings. The van der Waals surface area contributed by atoms with E-state index in [0.717, 1.165) is 19.3 Å². The first-order valence-corrected chi connectivity index (χ1v) is 10.0. The Morgan fingerprint density at radius 3 is 2.65 bits per heavy atom. The van der Waals surface area contributed by atoms with E-state index in [-0.39, 0.29) is 36.5 Å². The highest BCUT2D eigenvalue weighted by molar-refractivity contribution is 7.98. The first-order valence-electron chi connectivity index (χ1n) is 9.15. The summed E-state index contributed by atoms with van der Waals surface area (Å²) in [6.07, 6.45) is 6.75. The van der Waals surface area contributed by atoms with Gasteiger partial charge in [0.25, 0.3) is 5.91 Å². The SMILES string of the molecule is C=CC1CC1(NC(=O)C1CCCN1C(=O)CCC=O)C(=O)NSC1CC1. The van der Waals surface area contributed by atoms with Crippen LogP contribution < -0.4 is 10.0 Å². The molecule has 0 spiro atoms. The average Bonchev–Trinajstić information content (AvgIpc) is 3.54. The molecule has 3 aliphatic rings. The molecule has 1 saturated heterocycles. The summed E-state index contributed by atoms with van der Waals surface area (Å²) in [5.74, 6) is -0.761. The Morgan fingerprint density at radius 2 is 2.04 bits per heavy atom. The molecule has 2 N–H and O–H groups in total. The Hall–Kier alpha value is -1.83. The maximum absolute atomic E-state index is 12.8. The molecule has 7 nitrogen and oxygen atoms in total. The summed E-state index contributed by atoms with van der Waals surface area (Å²) in [6.45, 7) is 4.27. The largest absolute Gasteiger partial charge is 0.339 e. The molecule has 3 fully saturated rings. The van der Waals surface area contributed by atoms with Crippen LogP contribution in [0.15, 0.2) is 12.7 Å². The molecule has 2 saturated carbocycles.